The van der Waals surface area contributed by atoms with Gasteiger partial charge in [0, 0.05) is 32.9 Å². The van der Waals surface area contributed by atoms with Gasteiger partial charge in [-0.3, -0.25) is 4.90 Å². The van der Waals surface area contributed by atoms with Gasteiger partial charge in [0.25, 0.3) is 0 Å². The van der Waals surface area contributed by atoms with E-state index < -0.39 is 0 Å². The molecule has 0 saturated carbocycles. The minimum absolute atomic E-state index is 0.0580. The van der Waals surface area contributed by atoms with E-state index >= 15 is 0 Å². The lowest BCUT2D eigenvalue weighted by Gasteiger charge is -2.13. The van der Waals surface area contributed by atoms with Crippen molar-refractivity contribution in [3.63, 3.8) is 0 Å². The fourth-order valence-corrected chi connectivity index (χ4v) is 2.35. The van der Waals surface area contributed by atoms with E-state index in [1.807, 2.05) is 25.2 Å². The van der Waals surface area contributed by atoms with Crippen LogP contribution < -0.4 is 0 Å². The molecule has 0 amide bonds. The molecule has 2 heterocycles. The summed E-state index contributed by atoms with van der Waals surface area (Å²) in [6, 6.07) is 0. The Morgan fingerprint density at radius 3 is 2.70 bits per heavy atom. The number of hydrogen-bond donors (Lipinski definition) is 0. The predicted molar refractivity (Wildman–Crippen MR) is 77.3 cm³/mol. The second-order valence-electron chi connectivity index (χ2n) is 5.21. The zero-order valence-electron chi connectivity index (χ0n) is 12.0. The topological polar surface area (TPSA) is 67.4 Å². The average molecular weight is 279 g/mol. The van der Waals surface area contributed by atoms with Gasteiger partial charge in [0.2, 0.25) is 5.82 Å². The molecule has 7 nitrogen and oxygen atoms in total. The molecule has 1 aliphatic rings. The lowest BCUT2D eigenvalue weighted by molar-refractivity contribution is -0.392. The van der Waals surface area contributed by atoms with Crippen LogP contribution in [0.5, 0.6) is 0 Å². The molecule has 1 aliphatic heterocycles. The molecule has 1 saturated heterocycles. The summed E-state index contributed by atoms with van der Waals surface area (Å²) in [6.45, 7) is 3.61. The van der Waals surface area contributed by atoms with Gasteiger partial charge in [0.1, 0.15) is 12.7 Å². The van der Waals surface area contributed by atoms with Gasteiger partial charge < -0.3 is 15.0 Å². The quantitative estimate of drug-likeness (QED) is 0.582. The molecule has 0 aliphatic carbocycles. The Kier molecular flexibility index (Phi) is 4.73. The Hall–Kier alpha value is -1.89. The molecule has 7 heteroatoms. The molecule has 0 aromatic carbocycles. The van der Waals surface area contributed by atoms with Crippen molar-refractivity contribution in [2.45, 2.75) is 19.4 Å². The van der Waals surface area contributed by atoms with Crippen molar-refractivity contribution < 1.29 is 4.92 Å². The van der Waals surface area contributed by atoms with Gasteiger partial charge in [-0.05, 0) is 30.9 Å². The smallest absolute Gasteiger partial charge is 0.343 e. The maximum Gasteiger partial charge on any atom is 0.343 e. The van der Waals surface area contributed by atoms with Crippen LogP contribution in [0.2, 0.25) is 0 Å². The van der Waals surface area contributed by atoms with Gasteiger partial charge in [-0.15, -0.1) is 0 Å². The van der Waals surface area contributed by atoms with E-state index in [9.17, 15) is 10.1 Å². The summed E-state index contributed by atoms with van der Waals surface area (Å²) in [5.74, 6) is 0.687. The molecule has 0 atom stereocenters. The normalized spacial score (nSPS) is 16.1. The summed E-state index contributed by atoms with van der Waals surface area (Å²) in [4.78, 5) is 19.1. The molecule has 0 bridgehead atoms. The summed E-state index contributed by atoms with van der Waals surface area (Å²) in [6.07, 6.45) is 7.42. The molecule has 1 fully saturated rings. The van der Waals surface area contributed by atoms with Crippen LogP contribution >= 0.6 is 0 Å². The third-order valence-electron chi connectivity index (χ3n) is 3.41. The zero-order valence-corrected chi connectivity index (χ0v) is 12.0. The number of likely N-dealkylation sites (tertiary alicyclic amines) is 1. The summed E-state index contributed by atoms with van der Waals surface area (Å²) >= 11 is 0. The van der Waals surface area contributed by atoms with Crippen molar-refractivity contribution >= 4 is 11.9 Å². The van der Waals surface area contributed by atoms with Crippen LogP contribution in [0.4, 0.5) is 5.82 Å². The monoisotopic (exact) mass is 279 g/mol. The maximum atomic E-state index is 11.1. The third kappa shape index (κ3) is 3.57. The second kappa shape index (κ2) is 6.51. The molecular weight excluding hydrogens is 258 g/mol. The first kappa shape index (κ1) is 14.5. The van der Waals surface area contributed by atoms with E-state index in [1.54, 1.807) is 10.6 Å². The summed E-state index contributed by atoms with van der Waals surface area (Å²) in [7, 11) is 3.81. The van der Waals surface area contributed by atoms with Crippen molar-refractivity contribution in [1.82, 2.24) is 19.4 Å². The van der Waals surface area contributed by atoms with E-state index in [1.165, 1.54) is 19.0 Å². The summed E-state index contributed by atoms with van der Waals surface area (Å²) in [5, 5.41) is 11.1. The van der Waals surface area contributed by atoms with Crippen LogP contribution in [0, 0.1) is 10.1 Å². The largest absolute Gasteiger partial charge is 0.383 e. The predicted octanol–water partition coefficient (Wildman–Crippen LogP) is 1.42. The van der Waals surface area contributed by atoms with E-state index in [0.717, 1.165) is 19.6 Å². The Morgan fingerprint density at radius 1 is 1.40 bits per heavy atom. The Morgan fingerprint density at radius 2 is 2.10 bits per heavy atom. The number of hydrogen-bond acceptors (Lipinski definition) is 5. The highest BCUT2D eigenvalue weighted by atomic mass is 16.6. The SMILES string of the molecule is CN(C)/C=C/c1ncc([N+](=O)[O-])n1CCN1CCCC1. The lowest BCUT2D eigenvalue weighted by atomic mass is 10.4. The fraction of sp³-hybridized carbons (Fsp3) is 0.615. The molecule has 20 heavy (non-hydrogen) atoms. The highest BCUT2D eigenvalue weighted by molar-refractivity contribution is 5.43. The standard InChI is InChI=1S/C13H21N5O2/c1-15(2)8-5-12-14-11-13(18(19)20)17(12)10-9-16-6-3-4-7-16/h5,8,11H,3-4,6-7,9-10H2,1-2H3/b8-5+. The molecule has 0 spiro atoms. The first-order chi connectivity index (χ1) is 9.58. The summed E-state index contributed by atoms with van der Waals surface area (Å²) < 4.78 is 1.68. The van der Waals surface area contributed by atoms with E-state index in [2.05, 4.69) is 9.88 Å². The number of nitro groups is 1. The highest BCUT2D eigenvalue weighted by Crippen LogP contribution is 2.16. The van der Waals surface area contributed by atoms with Crippen LogP contribution in [0.15, 0.2) is 12.4 Å². The summed E-state index contributed by atoms with van der Waals surface area (Å²) in [5.41, 5.74) is 0. The molecule has 0 radical (unpaired) electrons. The first-order valence-corrected chi connectivity index (χ1v) is 6.85. The van der Waals surface area contributed by atoms with Gasteiger partial charge >= 0.3 is 5.82 Å². The van der Waals surface area contributed by atoms with Crippen LogP contribution in [0.1, 0.15) is 18.7 Å². The van der Waals surface area contributed by atoms with Crippen molar-refractivity contribution in [3.8, 4) is 0 Å². The van der Waals surface area contributed by atoms with Crippen LogP contribution in [0.25, 0.3) is 6.08 Å². The Labute approximate surface area is 118 Å². The zero-order chi connectivity index (χ0) is 14.5. The molecule has 2 rings (SSSR count). The molecule has 1 aromatic heterocycles. The number of imidazole rings is 1. The molecule has 0 unspecified atom stereocenters. The maximum absolute atomic E-state index is 11.1. The number of nitrogens with zero attached hydrogens (tertiary/aromatic N) is 5. The minimum atomic E-state index is -0.371. The molecule has 1 aromatic rings. The third-order valence-corrected chi connectivity index (χ3v) is 3.41. The Bertz CT molecular complexity index is 489. The number of rotatable bonds is 6. The van der Waals surface area contributed by atoms with Gasteiger partial charge in [-0.2, -0.15) is 0 Å². The van der Waals surface area contributed by atoms with Crippen molar-refractivity contribution in [2.24, 2.45) is 0 Å². The van der Waals surface area contributed by atoms with Gasteiger partial charge in [0.15, 0.2) is 0 Å². The highest BCUT2D eigenvalue weighted by Gasteiger charge is 2.20. The van der Waals surface area contributed by atoms with E-state index in [-0.39, 0.29) is 10.7 Å². The first-order valence-electron chi connectivity index (χ1n) is 6.85. The second-order valence-corrected chi connectivity index (χ2v) is 5.21. The van der Waals surface area contributed by atoms with E-state index in [4.69, 9.17) is 0 Å². The van der Waals surface area contributed by atoms with Crippen LogP contribution in [0.3, 0.4) is 0 Å². The number of aromatic nitrogens is 2. The van der Waals surface area contributed by atoms with Crippen LogP contribution in [-0.2, 0) is 6.54 Å². The van der Waals surface area contributed by atoms with E-state index in [0.29, 0.717) is 12.4 Å². The van der Waals surface area contributed by atoms with Crippen LogP contribution in [-0.4, -0.2) is 58.0 Å². The van der Waals surface area contributed by atoms with Crippen molar-refractivity contribution in [3.05, 3.63) is 28.3 Å². The van der Waals surface area contributed by atoms with Gasteiger partial charge in [0.05, 0.1) is 0 Å². The molecular formula is C13H21N5O2. The lowest BCUT2D eigenvalue weighted by Crippen LogP contribution is -2.24. The minimum Gasteiger partial charge on any atom is -0.383 e. The van der Waals surface area contributed by atoms with Crippen molar-refractivity contribution in [1.29, 1.82) is 0 Å². The Balaban J connectivity index is 2.13. The molecule has 0 N–H and O–H groups in total. The average Bonchev–Trinajstić information content (AvgIpc) is 3.03. The molecule has 110 valence electrons. The van der Waals surface area contributed by atoms with Crippen molar-refractivity contribution in [2.75, 3.05) is 33.7 Å². The van der Waals surface area contributed by atoms with Gasteiger partial charge in [-0.1, -0.05) is 0 Å². The fourth-order valence-electron chi connectivity index (χ4n) is 2.35. The van der Waals surface area contributed by atoms with Gasteiger partial charge in [-0.25, -0.2) is 9.55 Å².